The van der Waals surface area contributed by atoms with Crippen LogP contribution < -0.4 is 5.73 Å². The quantitative estimate of drug-likeness (QED) is 0.863. The first-order chi connectivity index (χ1) is 7.29. The van der Waals surface area contributed by atoms with Crippen molar-refractivity contribution in [1.82, 2.24) is 9.78 Å². The summed E-state index contributed by atoms with van der Waals surface area (Å²) >= 11 is 5.82. The molecular formula is C11H12ClN3. The molecule has 1 aromatic carbocycles. The zero-order valence-electron chi connectivity index (χ0n) is 8.23. The van der Waals surface area contributed by atoms with Gasteiger partial charge in [0.2, 0.25) is 0 Å². The molecule has 0 saturated heterocycles. The van der Waals surface area contributed by atoms with Gasteiger partial charge in [0.1, 0.15) is 0 Å². The third kappa shape index (κ3) is 2.37. The molecule has 2 rings (SSSR count). The van der Waals surface area contributed by atoms with Crippen molar-refractivity contribution in [3.05, 3.63) is 41.7 Å². The minimum atomic E-state index is 0.599. The minimum Gasteiger partial charge on any atom is -0.329 e. The maximum atomic E-state index is 5.82. The van der Waals surface area contributed by atoms with Crippen molar-refractivity contribution in [2.45, 2.75) is 6.54 Å². The molecule has 0 radical (unpaired) electrons. The van der Waals surface area contributed by atoms with Crippen molar-refractivity contribution in [2.24, 2.45) is 5.73 Å². The van der Waals surface area contributed by atoms with Crippen LogP contribution in [-0.2, 0) is 6.54 Å². The number of hydrogen-bond acceptors (Lipinski definition) is 2. The number of rotatable bonds is 3. The summed E-state index contributed by atoms with van der Waals surface area (Å²) in [5.41, 5.74) is 7.65. The Morgan fingerprint density at radius 2 is 1.93 bits per heavy atom. The molecule has 0 amide bonds. The number of nitrogens with zero attached hydrogens (tertiary/aromatic N) is 2. The molecule has 78 valence electrons. The average Bonchev–Trinajstić information content (AvgIpc) is 2.68. The van der Waals surface area contributed by atoms with Gasteiger partial charge in [-0.1, -0.05) is 23.7 Å². The average molecular weight is 222 g/mol. The van der Waals surface area contributed by atoms with Crippen molar-refractivity contribution in [3.8, 4) is 11.1 Å². The van der Waals surface area contributed by atoms with Crippen molar-refractivity contribution >= 4 is 11.6 Å². The fourth-order valence-corrected chi connectivity index (χ4v) is 1.54. The van der Waals surface area contributed by atoms with Gasteiger partial charge in [0.25, 0.3) is 0 Å². The summed E-state index contributed by atoms with van der Waals surface area (Å²) in [6.45, 7) is 1.34. The van der Waals surface area contributed by atoms with Gasteiger partial charge < -0.3 is 5.73 Å². The molecule has 0 spiro atoms. The van der Waals surface area contributed by atoms with Crippen molar-refractivity contribution in [1.29, 1.82) is 0 Å². The summed E-state index contributed by atoms with van der Waals surface area (Å²) in [5.74, 6) is 0. The Hall–Kier alpha value is -1.32. The summed E-state index contributed by atoms with van der Waals surface area (Å²) in [6.07, 6.45) is 3.81. The van der Waals surface area contributed by atoms with Gasteiger partial charge in [-0.2, -0.15) is 5.10 Å². The molecule has 4 heteroatoms. The maximum absolute atomic E-state index is 5.82. The maximum Gasteiger partial charge on any atom is 0.0568 e. The number of hydrogen-bond donors (Lipinski definition) is 1. The van der Waals surface area contributed by atoms with Gasteiger partial charge in [0.15, 0.2) is 0 Å². The SMILES string of the molecule is NCCn1cc(-c2ccc(Cl)cc2)cn1. The van der Waals surface area contributed by atoms with Crippen LogP contribution in [0.15, 0.2) is 36.7 Å². The first-order valence-electron chi connectivity index (χ1n) is 4.78. The van der Waals surface area contributed by atoms with Crippen LogP contribution >= 0.6 is 11.6 Å². The van der Waals surface area contributed by atoms with Crippen LogP contribution in [0, 0.1) is 0 Å². The van der Waals surface area contributed by atoms with E-state index in [1.54, 1.807) is 0 Å². The lowest BCUT2D eigenvalue weighted by atomic mass is 10.1. The van der Waals surface area contributed by atoms with Crippen LogP contribution in [0.4, 0.5) is 0 Å². The second-order valence-corrected chi connectivity index (χ2v) is 3.72. The highest BCUT2D eigenvalue weighted by Crippen LogP contribution is 2.20. The van der Waals surface area contributed by atoms with E-state index in [1.165, 1.54) is 0 Å². The third-order valence-electron chi connectivity index (χ3n) is 2.17. The molecule has 1 heterocycles. The number of aromatic nitrogens is 2. The zero-order valence-corrected chi connectivity index (χ0v) is 8.98. The molecule has 0 unspecified atom stereocenters. The normalized spacial score (nSPS) is 10.5. The fraction of sp³-hybridized carbons (Fsp3) is 0.182. The molecule has 1 aromatic heterocycles. The third-order valence-corrected chi connectivity index (χ3v) is 2.42. The summed E-state index contributed by atoms with van der Waals surface area (Å²) in [5, 5.41) is 4.95. The number of nitrogens with two attached hydrogens (primary N) is 1. The monoisotopic (exact) mass is 221 g/mol. The van der Waals surface area contributed by atoms with Crippen molar-refractivity contribution in [3.63, 3.8) is 0 Å². The van der Waals surface area contributed by atoms with E-state index in [1.807, 2.05) is 41.3 Å². The first-order valence-corrected chi connectivity index (χ1v) is 5.16. The lowest BCUT2D eigenvalue weighted by Crippen LogP contribution is -2.09. The lowest BCUT2D eigenvalue weighted by Gasteiger charge is -1.97. The second-order valence-electron chi connectivity index (χ2n) is 3.29. The van der Waals surface area contributed by atoms with Gasteiger partial charge in [-0.05, 0) is 17.7 Å². The molecular weight excluding hydrogens is 210 g/mol. The van der Waals surface area contributed by atoms with Gasteiger partial charge in [-0.15, -0.1) is 0 Å². The highest BCUT2D eigenvalue weighted by Gasteiger charge is 2.00. The number of benzene rings is 1. The minimum absolute atomic E-state index is 0.599. The molecule has 0 fully saturated rings. The Bertz CT molecular complexity index is 433. The molecule has 0 aliphatic carbocycles. The Labute approximate surface area is 93.5 Å². The van der Waals surface area contributed by atoms with E-state index in [2.05, 4.69) is 5.10 Å². The number of halogens is 1. The van der Waals surface area contributed by atoms with Crippen LogP contribution in [-0.4, -0.2) is 16.3 Å². The molecule has 15 heavy (non-hydrogen) atoms. The van der Waals surface area contributed by atoms with E-state index in [4.69, 9.17) is 17.3 Å². The molecule has 0 aliphatic heterocycles. The standard InChI is InChI=1S/C11H12ClN3/c12-11-3-1-9(2-4-11)10-7-14-15(8-10)6-5-13/h1-4,7-8H,5-6,13H2. The van der Waals surface area contributed by atoms with Gasteiger partial charge in [0.05, 0.1) is 12.7 Å². The Balaban J connectivity index is 2.25. The first kappa shape index (κ1) is 10.2. The van der Waals surface area contributed by atoms with Crippen LogP contribution in [0.1, 0.15) is 0 Å². The Kier molecular flexibility index (Phi) is 3.04. The fourth-order valence-electron chi connectivity index (χ4n) is 1.41. The van der Waals surface area contributed by atoms with Crippen LogP contribution in [0.25, 0.3) is 11.1 Å². The molecule has 0 bridgehead atoms. The predicted octanol–water partition coefficient (Wildman–Crippen LogP) is 2.16. The highest BCUT2D eigenvalue weighted by atomic mass is 35.5. The molecule has 3 nitrogen and oxygen atoms in total. The van der Waals surface area contributed by atoms with Gasteiger partial charge in [-0.25, -0.2) is 0 Å². The molecule has 0 saturated carbocycles. The predicted molar refractivity (Wildman–Crippen MR) is 61.7 cm³/mol. The van der Waals surface area contributed by atoms with Crippen LogP contribution in [0.3, 0.4) is 0 Å². The summed E-state index contributed by atoms with van der Waals surface area (Å²) in [7, 11) is 0. The van der Waals surface area contributed by atoms with E-state index < -0.39 is 0 Å². The van der Waals surface area contributed by atoms with Crippen LogP contribution in [0.2, 0.25) is 5.02 Å². The molecule has 2 N–H and O–H groups in total. The molecule has 0 aliphatic rings. The van der Waals surface area contributed by atoms with Crippen molar-refractivity contribution in [2.75, 3.05) is 6.54 Å². The zero-order chi connectivity index (χ0) is 10.7. The van der Waals surface area contributed by atoms with E-state index in [0.717, 1.165) is 22.7 Å². The second kappa shape index (κ2) is 4.47. The Morgan fingerprint density at radius 1 is 1.20 bits per heavy atom. The topological polar surface area (TPSA) is 43.8 Å². The van der Waals surface area contributed by atoms with Gasteiger partial charge >= 0.3 is 0 Å². The smallest absolute Gasteiger partial charge is 0.0568 e. The van der Waals surface area contributed by atoms with Crippen molar-refractivity contribution < 1.29 is 0 Å². The Morgan fingerprint density at radius 3 is 2.60 bits per heavy atom. The van der Waals surface area contributed by atoms with E-state index in [9.17, 15) is 0 Å². The van der Waals surface area contributed by atoms with E-state index >= 15 is 0 Å². The van der Waals surface area contributed by atoms with E-state index in [0.29, 0.717) is 6.54 Å². The van der Waals surface area contributed by atoms with Crippen LogP contribution in [0.5, 0.6) is 0 Å². The summed E-state index contributed by atoms with van der Waals surface area (Å²) in [4.78, 5) is 0. The lowest BCUT2D eigenvalue weighted by molar-refractivity contribution is 0.625. The molecule has 2 aromatic rings. The van der Waals surface area contributed by atoms with Gasteiger partial charge in [-0.3, -0.25) is 4.68 Å². The summed E-state index contributed by atoms with van der Waals surface area (Å²) in [6, 6.07) is 7.70. The molecule has 0 atom stereocenters. The van der Waals surface area contributed by atoms with Gasteiger partial charge in [0, 0.05) is 23.3 Å². The largest absolute Gasteiger partial charge is 0.329 e. The highest BCUT2D eigenvalue weighted by molar-refractivity contribution is 6.30. The van der Waals surface area contributed by atoms with E-state index in [-0.39, 0.29) is 0 Å². The summed E-state index contributed by atoms with van der Waals surface area (Å²) < 4.78 is 1.84.